The number of carbonyl (C=O) groups excluding carboxylic acids is 3. The lowest BCUT2D eigenvalue weighted by atomic mass is 9.87. The fraction of sp³-hybridized carbons (Fsp3) is 0.688. The molecule has 1 fully saturated rings. The molecule has 0 aromatic rings. The monoisotopic (exact) mass is 308 g/mol. The van der Waals surface area contributed by atoms with Gasteiger partial charge in [-0.1, -0.05) is 13.0 Å². The molecule has 3 aliphatic rings. The van der Waals surface area contributed by atoms with Crippen molar-refractivity contribution in [3.05, 3.63) is 11.6 Å². The van der Waals surface area contributed by atoms with E-state index in [1.807, 2.05) is 13.0 Å². The lowest BCUT2D eigenvalue weighted by Crippen LogP contribution is -2.37. The van der Waals surface area contributed by atoms with E-state index >= 15 is 0 Å². The number of fused-ring (bicyclic) bond motifs is 1. The van der Waals surface area contributed by atoms with Crippen LogP contribution in [0.15, 0.2) is 11.6 Å². The fourth-order valence-electron chi connectivity index (χ4n) is 3.15. The van der Waals surface area contributed by atoms with Gasteiger partial charge in [-0.15, -0.1) is 0 Å². The van der Waals surface area contributed by atoms with Crippen LogP contribution in [0.4, 0.5) is 0 Å². The molecule has 1 aliphatic heterocycles. The summed E-state index contributed by atoms with van der Waals surface area (Å²) in [5, 5.41) is 0. The Kier molecular flexibility index (Phi) is 3.50. The molecular formula is C16H20O6. The van der Waals surface area contributed by atoms with Crippen molar-refractivity contribution < 1.29 is 28.6 Å². The third-order valence-corrected chi connectivity index (χ3v) is 4.92. The summed E-state index contributed by atoms with van der Waals surface area (Å²) >= 11 is 0. The molecule has 1 saturated heterocycles. The summed E-state index contributed by atoms with van der Waals surface area (Å²) in [7, 11) is 0. The second kappa shape index (κ2) is 5.11. The van der Waals surface area contributed by atoms with Crippen LogP contribution in [0.1, 0.15) is 33.6 Å². The minimum Gasteiger partial charge on any atom is -0.455 e. The number of ether oxygens (including phenoxy) is 3. The molecule has 6 heteroatoms. The third-order valence-electron chi connectivity index (χ3n) is 4.92. The van der Waals surface area contributed by atoms with Crippen LogP contribution in [0.25, 0.3) is 0 Å². The second-order valence-corrected chi connectivity index (χ2v) is 6.74. The zero-order chi connectivity index (χ0) is 16.1. The number of rotatable bonds is 5. The Morgan fingerprint density at radius 3 is 2.82 bits per heavy atom. The molecule has 120 valence electrons. The Morgan fingerprint density at radius 2 is 2.14 bits per heavy atom. The SMILES string of the molecule is CCC(C)(C)C(=O)OCC(=O)OC1C2C=C3C(C2)C(=O)OC31. The molecule has 4 atom stereocenters. The quantitative estimate of drug-likeness (QED) is 0.434. The van der Waals surface area contributed by atoms with Gasteiger partial charge in [0.05, 0.1) is 11.3 Å². The first-order valence-electron chi connectivity index (χ1n) is 7.62. The van der Waals surface area contributed by atoms with Gasteiger partial charge in [0.2, 0.25) is 0 Å². The fourth-order valence-corrected chi connectivity index (χ4v) is 3.15. The van der Waals surface area contributed by atoms with Crippen LogP contribution in [0.5, 0.6) is 0 Å². The Hall–Kier alpha value is -1.85. The van der Waals surface area contributed by atoms with Crippen molar-refractivity contribution in [1.29, 1.82) is 0 Å². The smallest absolute Gasteiger partial charge is 0.344 e. The van der Waals surface area contributed by atoms with E-state index in [-0.39, 0.29) is 17.8 Å². The maximum atomic E-state index is 11.9. The molecule has 0 aromatic carbocycles. The molecule has 22 heavy (non-hydrogen) atoms. The Labute approximate surface area is 128 Å². The predicted molar refractivity (Wildman–Crippen MR) is 74.5 cm³/mol. The van der Waals surface area contributed by atoms with E-state index in [1.54, 1.807) is 13.8 Å². The first-order chi connectivity index (χ1) is 10.3. The Balaban J connectivity index is 1.52. The molecule has 4 unspecified atom stereocenters. The minimum atomic E-state index is -0.620. The molecule has 0 N–H and O–H groups in total. The Bertz CT molecular complexity index is 561. The largest absolute Gasteiger partial charge is 0.455 e. The van der Waals surface area contributed by atoms with Crippen molar-refractivity contribution >= 4 is 17.9 Å². The molecular weight excluding hydrogens is 288 g/mol. The van der Waals surface area contributed by atoms with E-state index in [4.69, 9.17) is 14.2 Å². The summed E-state index contributed by atoms with van der Waals surface area (Å²) in [6.07, 6.45) is 2.33. The Morgan fingerprint density at radius 1 is 1.41 bits per heavy atom. The maximum Gasteiger partial charge on any atom is 0.344 e. The third kappa shape index (κ3) is 2.30. The van der Waals surface area contributed by atoms with E-state index in [1.165, 1.54) is 0 Å². The zero-order valence-corrected chi connectivity index (χ0v) is 13.0. The van der Waals surface area contributed by atoms with Crippen molar-refractivity contribution in [2.75, 3.05) is 6.61 Å². The van der Waals surface area contributed by atoms with E-state index < -0.39 is 36.2 Å². The van der Waals surface area contributed by atoms with Gasteiger partial charge in [-0.05, 0) is 32.3 Å². The summed E-state index contributed by atoms with van der Waals surface area (Å²) in [6, 6.07) is 0. The predicted octanol–water partition coefficient (Wildman–Crippen LogP) is 1.38. The van der Waals surface area contributed by atoms with Gasteiger partial charge in [-0.2, -0.15) is 0 Å². The minimum absolute atomic E-state index is 0.0307. The molecule has 0 aromatic heterocycles. The van der Waals surface area contributed by atoms with Gasteiger partial charge in [0.1, 0.15) is 6.10 Å². The molecule has 1 heterocycles. The first-order valence-corrected chi connectivity index (χ1v) is 7.62. The van der Waals surface area contributed by atoms with Crippen molar-refractivity contribution in [3.63, 3.8) is 0 Å². The van der Waals surface area contributed by atoms with Gasteiger partial charge >= 0.3 is 17.9 Å². The van der Waals surface area contributed by atoms with E-state index in [2.05, 4.69) is 0 Å². The molecule has 2 aliphatic carbocycles. The number of esters is 3. The van der Waals surface area contributed by atoms with Crippen molar-refractivity contribution in [1.82, 2.24) is 0 Å². The summed E-state index contributed by atoms with van der Waals surface area (Å²) in [4.78, 5) is 35.3. The molecule has 2 bridgehead atoms. The van der Waals surface area contributed by atoms with Gasteiger partial charge in [-0.3, -0.25) is 9.59 Å². The first kappa shape index (κ1) is 15.1. The summed E-state index contributed by atoms with van der Waals surface area (Å²) in [6.45, 7) is 5.00. The topological polar surface area (TPSA) is 78.9 Å². The van der Waals surface area contributed by atoms with Gasteiger partial charge in [0.25, 0.3) is 0 Å². The van der Waals surface area contributed by atoms with Gasteiger partial charge in [0.15, 0.2) is 12.7 Å². The van der Waals surface area contributed by atoms with Crippen molar-refractivity contribution in [3.8, 4) is 0 Å². The molecule has 3 rings (SSSR count). The highest BCUT2D eigenvalue weighted by atomic mass is 16.6. The van der Waals surface area contributed by atoms with E-state index in [0.717, 1.165) is 5.57 Å². The van der Waals surface area contributed by atoms with Crippen molar-refractivity contribution in [2.24, 2.45) is 17.3 Å². The molecule has 0 radical (unpaired) electrons. The average Bonchev–Trinajstić information content (AvgIpc) is 3.09. The summed E-state index contributed by atoms with van der Waals surface area (Å²) in [5.74, 6) is -1.37. The van der Waals surface area contributed by atoms with Crippen LogP contribution >= 0.6 is 0 Å². The van der Waals surface area contributed by atoms with Crippen LogP contribution < -0.4 is 0 Å². The van der Waals surface area contributed by atoms with Gasteiger partial charge < -0.3 is 14.2 Å². The average molecular weight is 308 g/mol. The van der Waals surface area contributed by atoms with Crippen LogP contribution in [0, 0.1) is 17.3 Å². The highest BCUT2D eigenvalue weighted by Gasteiger charge is 2.58. The highest BCUT2D eigenvalue weighted by Crippen LogP contribution is 2.50. The number of hydrogen-bond acceptors (Lipinski definition) is 6. The summed E-state index contributed by atoms with van der Waals surface area (Å²) < 4.78 is 15.6. The van der Waals surface area contributed by atoms with Crippen LogP contribution in [-0.2, 0) is 28.6 Å². The normalized spacial score (nSPS) is 31.8. The van der Waals surface area contributed by atoms with Gasteiger partial charge in [-0.25, -0.2) is 4.79 Å². The van der Waals surface area contributed by atoms with E-state index in [9.17, 15) is 14.4 Å². The standard InChI is InChI=1S/C16H20O6/c1-4-16(2,3)15(19)20-7-11(17)21-12-8-5-9-10(6-8)14(18)22-13(9)12/h5,8,10,12-13H,4,6-7H2,1-3H3. The highest BCUT2D eigenvalue weighted by molar-refractivity contribution is 5.83. The lowest BCUT2D eigenvalue weighted by Gasteiger charge is -2.26. The maximum absolute atomic E-state index is 11.9. The van der Waals surface area contributed by atoms with Crippen LogP contribution in [0.2, 0.25) is 0 Å². The van der Waals surface area contributed by atoms with Crippen LogP contribution in [0.3, 0.4) is 0 Å². The number of carbonyl (C=O) groups is 3. The number of hydrogen-bond donors (Lipinski definition) is 0. The molecule has 0 amide bonds. The molecule has 0 saturated carbocycles. The molecule has 0 spiro atoms. The summed E-state index contributed by atoms with van der Waals surface area (Å²) in [5.41, 5.74) is 0.321. The van der Waals surface area contributed by atoms with E-state index in [0.29, 0.717) is 12.8 Å². The lowest BCUT2D eigenvalue weighted by molar-refractivity contribution is -0.172. The van der Waals surface area contributed by atoms with Crippen LogP contribution in [-0.4, -0.2) is 36.7 Å². The zero-order valence-electron chi connectivity index (χ0n) is 13.0. The second-order valence-electron chi connectivity index (χ2n) is 6.74. The van der Waals surface area contributed by atoms with Crippen molar-refractivity contribution in [2.45, 2.75) is 45.8 Å². The van der Waals surface area contributed by atoms with Gasteiger partial charge in [0, 0.05) is 5.92 Å². The molecule has 6 nitrogen and oxygen atoms in total.